The smallest absolute Gasteiger partial charge is 0.234 e. The fourth-order valence-electron chi connectivity index (χ4n) is 4.15. The maximum Gasteiger partial charge on any atom is 0.234 e. The zero-order valence-corrected chi connectivity index (χ0v) is 20.3. The van der Waals surface area contributed by atoms with E-state index in [-0.39, 0.29) is 5.91 Å². The molecule has 0 radical (unpaired) electrons. The Labute approximate surface area is 192 Å². The molecule has 0 saturated heterocycles. The molecule has 4 rings (SSSR count). The molecule has 5 nitrogen and oxygen atoms in total. The van der Waals surface area contributed by atoms with Gasteiger partial charge in [0.05, 0.1) is 5.75 Å². The van der Waals surface area contributed by atoms with Crippen molar-refractivity contribution in [3.8, 4) is 11.4 Å². The topological polar surface area (TPSA) is 59.8 Å². The molecule has 0 fully saturated rings. The van der Waals surface area contributed by atoms with E-state index in [0.717, 1.165) is 47.5 Å². The molecule has 1 unspecified atom stereocenters. The van der Waals surface area contributed by atoms with Gasteiger partial charge in [-0.05, 0) is 62.6 Å². The molecule has 0 aliphatic heterocycles. The second kappa shape index (κ2) is 9.57. The van der Waals surface area contributed by atoms with Crippen molar-refractivity contribution in [1.82, 2.24) is 14.8 Å². The molecular formula is C24H30N4OS2. The molecule has 1 atom stereocenters. The van der Waals surface area contributed by atoms with Crippen molar-refractivity contribution in [1.29, 1.82) is 0 Å². The number of benzene rings is 1. The third-order valence-electron chi connectivity index (χ3n) is 5.80. The number of carbonyl (C=O) groups is 1. The summed E-state index contributed by atoms with van der Waals surface area (Å²) in [5, 5.41) is 15.1. The minimum atomic E-state index is -0.0218. The summed E-state index contributed by atoms with van der Waals surface area (Å²) in [6, 6.07) is 6.06. The van der Waals surface area contributed by atoms with Crippen LogP contribution < -0.4 is 5.32 Å². The number of nitrogens with one attached hydrogen (secondary N) is 1. The Bertz CT molecular complexity index is 1090. The molecule has 164 valence electrons. The molecule has 1 aromatic carbocycles. The number of hydrogen-bond acceptors (Lipinski definition) is 5. The summed E-state index contributed by atoms with van der Waals surface area (Å²) in [6.07, 6.45) is 4.52. The standard InChI is InChI=1S/C24H30N4OS2/c1-5-10-28-23(19-13-30-21-12-16(3)6-8-18(19)21)26-27-24(28)31-14-22(29)25-20-9-7-15(2)11-17(20)4/h7,9,11,13,16H,5-6,8,10,12,14H2,1-4H3,(H,25,29). The third-order valence-corrected chi connectivity index (χ3v) is 7.81. The van der Waals surface area contributed by atoms with Gasteiger partial charge in [0.25, 0.3) is 0 Å². The molecule has 0 saturated carbocycles. The number of thioether (sulfide) groups is 1. The van der Waals surface area contributed by atoms with Gasteiger partial charge in [0.2, 0.25) is 5.91 Å². The Morgan fingerprint density at radius 2 is 2.16 bits per heavy atom. The Morgan fingerprint density at radius 1 is 1.32 bits per heavy atom. The molecule has 1 aliphatic rings. The largest absolute Gasteiger partial charge is 0.325 e. The van der Waals surface area contributed by atoms with Gasteiger partial charge in [0.15, 0.2) is 11.0 Å². The fraction of sp³-hybridized carbons (Fsp3) is 0.458. The average Bonchev–Trinajstić information content (AvgIpc) is 3.32. The van der Waals surface area contributed by atoms with Gasteiger partial charge in [0.1, 0.15) is 0 Å². The normalized spacial score (nSPS) is 15.7. The third kappa shape index (κ3) is 4.88. The number of anilines is 1. The Kier molecular flexibility index (Phi) is 6.82. The van der Waals surface area contributed by atoms with E-state index in [1.54, 1.807) is 0 Å². The highest BCUT2D eigenvalue weighted by Gasteiger charge is 2.24. The summed E-state index contributed by atoms with van der Waals surface area (Å²) < 4.78 is 2.19. The summed E-state index contributed by atoms with van der Waals surface area (Å²) >= 11 is 3.32. The van der Waals surface area contributed by atoms with Gasteiger partial charge in [-0.2, -0.15) is 0 Å². The van der Waals surface area contributed by atoms with Crippen molar-refractivity contribution >= 4 is 34.7 Å². The number of amides is 1. The van der Waals surface area contributed by atoms with Gasteiger partial charge in [0, 0.05) is 28.1 Å². The minimum absolute atomic E-state index is 0.0218. The van der Waals surface area contributed by atoms with Crippen LogP contribution >= 0.6 is 23.1 Å². The van der Waals surface area contributed by atoms with Crippen LogP contribution in [0, 0.1) is 19.8 Å². The first kappa shape index (κ1) is 22.1. The van der Waals surface area contributed by atoms with E-state index in [2.05, 4.69) is 52.3 Å². The molecule has 1 amide bonds. The van der Waals surface area contributed by atoms with Crippen molar-refractivity contribution in [3.63, 3.8) is 0 Å². The van der Waals surface area contributed by atoms with Crippen LogP contribution in [0.25, 0.3) is 11.4 Å². The monoisotopic (exact) mass is 454 g/mol. The van der Waals surface area contributed by atoms with Crippen molar-refractivity contribution < 1.29 is 4.79 Å². The molecule has 2 heterocycles. The summed E-state index contributed by atoms with van der Waals surface area (Å²) in [5.74, 6) is 2.00. The highest BCUT2D eigenvalue weighted by atomic mass is 32.2. The molecule has 1 N–H and O–H groups in total. The molecule has 2 aromatic heterocycles. The lowest BCUT2D eigenvalue weighted by atomic mass is 9.88. The van der Waals surface area contributed by atoms with E-state index in [0.29, 0.717) is 5.75 Å². The minimum Gasteiger partial charge on any atom is -0.325 e. The number of nitrogens with zero attached hydrogens (tertiary/aromatic N) is 3. The number of carbonyl (C=O) groups excluding carboxylic acids is 1. The molecule has 31 heavy (non-hydrogen) atoms. The van der Waals surface area contributed by atoms with Crippen LogP contribution in [0.15, 0.2) is 28.7 Å². The van der Waals surface area contributed by atoms with Gasteiger partial charge >= 0.3 is 0 Å². The van der Waals surface area contributed by atoms with Crippen LogP contribution in [0.4, 0.5) is 5.69 Å². The number of thiophene rings is 1. The first-order chi connectivity index (χ1) is 15.0. The van der Waals surface area contributed by atoms with Gasteiger partial charge in [-0.3, -0.25) is 4.79 Å². The summed E-state index contributed by atoms with van der Waals surface area (Å²) in [7, 11) is 0. The second-order valence-corrected chi connectivity index (χ2v) is 10.4. The van der Waals surface area contributed by atoms with Crippen molar-refractivity contribution in [2.45, 2.75) is 65.1 Å². The fourth-order valence-corrected chi connectivity index (χ4v) is 6.16. The Morgan fingerprint density at radius 3 is 2.94 bits per heavy atom. The zero-order valence-electron chi connectivity index (χ0n) is 18.7. The van der Waals surface area contributed by atoms with Gasteiger partial charge < -0.3 is 9.88 Å². The Hall–Kier alpha value is -2.12. The maximum absolute atomic E-state index is 12.6. The average molecular weight is 455 g/mol. The number of aromatic nitrogens is 3. The summed E-state index contributed by atoms with van der Waals surface area (Å²) in [5.41, 5.74) is 5.82. The highest BCUT2D eigenvalue weighted by Crippen LogP contribution is 2.38. The lowest BCUT2D eigenvalue weighted by Gasteiger charge is -2.19. The molecule has 0 bridgehead atoms. The van der Waals surface area contributed by atoms with E-state index in [9.17, 15) is 4.79 Å². The predicted molar refractivity (Wildman–Crippen MR) is 130 cm³/mol. The van der Waals surface area contributed by atoms with Crippen LogP contribution in [-0.2, 0) is 24.2 Å². The highest BCUT2D eigenvalue weighted by molar-refractivity contribution is 7.99. The molecule has 3 aromatic rings. The number of fused-ring (bicyclic) bond motifs is 1. The van der Waals surface area contributed by atoms with Crippen molar-refractivity contribution in [2.24, 2.45) is 5.92 Å². The zero-order chi connectivity index (χ0) is 22.0. The number of hydrogen-bond donors (Lipinski definition) is 1. The predicted octanol–water partition coefficient (Wildman–Crippen LogP) is 5.89. The van der Waals surface area contributed by atoms with Gasteiger partial charge in [-0.15, -0.1) is 21.5 Å². The quantitative estimate of drug-likeness (QED) is 0.452. The van der Waals surface area contributed by atoms with Crippen LogP contribution in [-0.4, -0.2) is 26.4 Å². The van der Waals surface area contributed by atoms with Gasteiger partial charge in [-0.1, -0.05) is 43.3 Å². The number of aryl methyl sites for hydroxylation is 2. The number of rotatable bonds is 7. The lowest BCUT2D eigenvalue weighted by Crippen LogP contribution is -2.15. The lowest BCUT2D eigenvalue weighted by molar-refractivity contribution is -0.113. The second-order valence-electron chi connectivity index (χ2n) is 8.51. The van der Waals surface area contributed by atoms with Crippen molar-refractivity contribution in [2.75, 3.05) is 11.1 Å². The van der Waals surface area contributed by atoms with E-state index >= 15 is 0 Å². The SMILES string of the molecule is CCCn1c(SCC(=O)Nc2ccc(C)cc2C)nnc1-c1csc2c1CCC(C)C2. The van der Waals surface area contributed by atoms with Gasteiger partial charge in [-0.25, -0.2) is 0 Å². The van der Waals surface area contributed by atoms with Crippen LogP contribution in [0.5, 0.6) is 0 Å². The van der Waals surface area contributed by atoms with Crippen LogP contribution in [0.2, 0.25) is 0 Å². The van der Waals surface area contributed by atoms with Crippen molar-refractivity contribution in [3.05, 3.63) is 45.1 Å². The van der Waals surface area contributed by atoms with E-state index in [1.807, 2.05) is 30.4 Å². The van der Waals surface area contributed by atoms with E-state index < -0.39 is 0 Å². The summed E-state index contributed by atoms with van der Waals surface area (Å²) in [6.45, 7) is 9.42. The Balaban J connectivity index is 1.50. The van der Waals surface area contributed by atoms with E-state index in [1.165, 1.54) is 46.2 Å². The van der Waals surface area contributed by atoms with Crippen LogP contribution in [0.3, 0.4) is 0 Å². The first-order valence-corrected chi connectivity index (χ1v) is 12.9. The molecule has 1 aliphatic carbocycles. The maximum atomic E-state index is 12.6. The first-order valence-electron chi connectivity index (χ1n) is 11.0. The molecular weight excluding hydrogens is 424 g/mol. The molecule has 0 spiro atoms. The molecule has 7 heteroatoms. The van der Waals surface area contributed by atoms with E-state index in [4.69, 9.17) is 0 Å². The van der Waals surface area contributed by atoms with Crippen LogP contribution in [0.1, 0.15) is 48.3 Å². The summed E-state index contributed by atoms with van der Waals surface area (Å²) in [4.78, 5) is 14.1.